The molecule has 0 saturated carbocycles. The molecule has 0 heterocycles. The van der Waals surface area contributed by atoms with Gasteiger partial charge in [0.05, 0.1) is 5.69 Å². The summed E-state index contributed by atoms with van der Waals surface area (Å²) in [5.74, 6) is -0.931. The van der Waals surface area contributed by atoms with E-state index in [2.05, 4.69) is 10.3 Å². The van der Waals surface area contributed by atoms with Gasteiger partial charge in [-0.15, -0.1) is 0 Å². The van der Waals surface area contributed by atoms with Crippen molar-refractivity contribution in [1.29, 1.82) is 0 Å². The second-order valence-corrected chi connectivity index (χ2v) is 6.71. The lowest BCUT2D eigenvalue weighted by Crippen LogP contribution is -2.27. The van der Waals surface area contributed by atoms with Crippen molar-refractivity contribution in [2.75, 3.05) is 5.32 Å². The second kappa shape index (κ2) is 8.44. The van der Waals surface area contributed by atoms with Gasteiger partial charge in [0.2, 0.25) is 0 Å². The first-order valence-corrected chi connectivity index (χ1v) is 8.19. The average Bonchev–Trinajstić information content (AvgIpc) is 2.54. The molecule has 0 unspecified atom stereocenters. The lowest BCUT2D eigenvalue weighted by molar-refractivity contribution is 0.0636. The Morgan fingerprint density at radius 3 is 2.37 bits per heavy atom. The van der Waals surface area contributed by atoms with Gasteiger partial charge in [0.25, 0.3) is 0 Å². The number of amides is 1. The zero-order valence-electron chi connectivity index (χ0n) is 15.3. The second-order valence-electron chi connectivity index (χ2n) is 6.71. The number of halogens is 2. The smallest absolute Gasteiger partial charge is 0.412 e. The van der Waals surface area contributed by atoms with E-state index < -0.39 is 17.5 Å². The summed E-state index contributed by atoms with van der Waals surface area (Å²) in [5.41, 5.74) is 6.52. The minimum absolute atomic E-state index is 0.216. The van der Waals surface area contributed by atoms with Gasteiger partial charge in [-0.1, -0.05) is 0 Å². The Kier molecular flexibility index (Phi) is 6.28. The predicted octanol–water partition coefficient (Wildman–Crippen LogP) is 5.01. The third-order valence-corrected chi connectivity index (χ3v) is 3.24. The number of hydrogen-bond donors (Lipinski definition) is 2. The van der Waals surface area contributed by atoms with Crippen LogP contribution in [0.15, 0.2) is 53.7 Å². The highest BCUT2D eigenvalue weighted by atomic mass is 19.1. The van der Waals surface area contributed by atoms with Crippen LogP contribution in [0.1, 0.15) is 26.3 Å². The van der Waals surface area contributed by atoms with Crippen molar-refractivity contribution >= 4 is 29.3 Å². The van der Waals surface area contributed by atoms with Gasteiger partial charge in [0, 0.05) is 23.7 Å². The first-order valence-electron chi connectivity index (χ1n) is 8.19. The molecule has 0 saturated heterocycles. The highest BCUT2D eigenvalue weighted by Crippen LogP contribution is 2.21. The molecular weight excluding hydrogens is 352 g/mol. The molecule has 5 nitrogen and oxygen atoms in total. The van der Waals surface area contributed by atoms with Gasteiger partial charge in [-0.25, -0.2) is 13.6 Å². The van der Waals surface area contributed by atoms with Crippen molar-refractivity contribution in [3.05, 3.63) is 65.9 Å². The fourth-order valence-corrected chi connectivity index (χ4v) is 2.13. The van der Waals surface area contributed by atoms with Crippen LogP contribution in [0.4, 0.5) is 25.0 Å². The lowest BCUT2D eigenvalue weighted by Gasteiger charge is -2.19. The van der Waals surface area contributed by atoms with E-state index in [9.17, 15) is 13.6 Å². The third kappa shape index (κ3) is 6.54. The summed E-state index contributed by atoms with van der Waals surface area (Å²) in [7, 11) is 0. The summed E-state index contributed by atoms with van der Waals surface area (Å²) < 4.78 is 32.1. The number of allylic oxidation sites excluding steroid dienone is 1. The van der Waals surface area contributed by atoms with Crippen molar-refractivity contribution in [1.82, 2.24) is 0 Å². The van der Waals surface area contributed by atoms with E-state index in [0.717, 1.165) is 0 Å². The number of nitrogens with one attached hydrogen (secondary N) is 1. The maximum Gasteiger partial charge on any atom is 0.412 e. The third-order valence-electron chi connectivity index (χ3n) is 3.24. The van der Waals surface area contributed by atoms with E-state index in [0.29, 0.717) is 16.8 Å². The number of carbonyl (C=O) groups excluding carboxylic acids is 1. The largest absolute Gasteiger partial charge is 0.444 e. The van der Waals surface area contributed by atoms with E-state index in [4.69, 9.17) is 10.5 Å². The summed E-state index contributed by atoms with van der Waals surface area (Å²) in [6.07, 6.45) is 2.00. The highest BCUT2D eigenvalue weighted by Gasteiger charge is 2.16. The topological polar surface area (TPSA) is 76.7 Å². The Balaban J connectivity index is 2.21. The van der Waals surface area contributed by atoms with Crippen molar-refractivity contribution in [2.45, 2.75) is 26.4 Å². The van der Waals surface area contributed by atoms with Gasteiger partial charge in [0.15, 0.2) is 0 Å². The molecule has 0 aromatic heterocycles. The molecule has 2 aromatic rings. The Bertz CT molecular complexity index is 870. The molecule has 1 amide bonds. The maximum absolute atomic E-state index is 14.0. The van der Waals surface area contributed by atoms with Gasteiger partial charge >= 0.3 is 6.09 Å². The molecule has 0 fully saturated rings. The summed E-state index contributed by atoms with van der Waals surface area (Å²) in [4.78, 5) is 16.1. The number of aliphatic imine (C=N–C) groups is 1. The van der Waals surface area contributed by atoms with Crippen molar-refractivity contribution in [2.24, 2.45) is 10.7 Å². The molecule has 0 bridgehead atoms. The fraction of sp³-hybridized carbons (Fsp3) is 0.200. The molecule has 3 N–H and O–H groups in total. The first-order chi connectivity index (χ1) is 12.7. The highest BCUT2D eigenvalue weighted by molar-refractivity contribution is 6.10. The quantitative estimate of drug-likeness (QED) is 0.739. The zero-order valence-corrected chi connectivity index (χ0v) is 15.3. The summed E-state index contributed by atoms with van der Waals surface area (Å²) in [6, 6.07) is 9.53. The Labute approximate surface area is 156 Å². The van der Waals surface area contributed by atoms with Gasteiger partial charge in [-0.05, 0) is 68.8 Å². The number of anilines is 1. The van der Waals surface area contributed by atoms with E-state index in [1.54, 1.807) is 26.8 Å². The van der Waals surface area contributed by atoms with Crippen LogP contribution >= 0.6 is 0 Å². The van der Waals surface area contributed by atoms with Crippen LogP contribution in [-0.2, 0) is 4.74 Å². The number of carbonyl (C=O) groups is 1. The molecule has 0 aliphatic rings. The Hall–Kier alpha value is -3.22. The van der Waals surface area contributed by atoms with E-state index >= 15 is 0 Å². The number of hydrogen-bond acceptors (Lipinski definition) is 4. The number of ether oxygens (including phenoxy) is 1. The minimum atomic E-state index is -0.697. The number of rotatable bonds is 4. The SMILES string of the molecule is CC(C)(C)OC(=O)Nc1cc(F)cc(C(C=Nc2ccc(F)cc2)=CN)c1. The van der Waals surface area contributed by atoms with Crippen LogP contribution in [0.3, 0.4) is 0 Å². The molecule has 27 heavy (non-hydrogen) atoms. The molecule has 2 aromatic carbocycles. The molecule has 7 heteroatoms. The molecule has 0 aliphatic carbocycles. The number of nitrogens with two attached hydrogens (primary N) is 1. The first kappa shape index (κ1) is 20.1. The van der Waals surface area contributed by atoms with Crippen molar-refractivity contribution < 1.29 is 18.3 Å². The van der Waals surface area contributed by atoms with Crippen LogP contribution in [0.5, 0.6) is 0 Å². The Morgan fingerprint density at radius 2 is 1.78 bits per heavy atom. The normalized spacial score (nSPS) is 12.3. The predicted molar refractivity (Wildman–Crippen MR) is 103 cm³/mol. The average molecular weight is 373 g/mol. The molecule has 0 radical (unpaired) electrons. The van der Waals surface area contributed by atoms with E-state index in [1.807, 2.05) is 0 Å². The van der Waals surface area contributed by atoms with Crippen molar-refractivity contribution in [3.8, 4) is 0 Å². The summed E-state index contributed by atoms with van der Waals surface area (Å²) >= 11 is 0. The number of nitrogens with zero attached hydrogens (tertiary/aromatic N) is 1. The fourth-order valence-electron chi connectivity index (χ4n) is 2.13. The maximum atomic E-state index is 14.0. The Morgan fingerprint density at radius 1 is 1.11 bits per heavy atom. The van der Waals surface area contributed by atoms with Crippen LogP contribution < -0.4 is 11.1 Å². The molecule has 0 atom stereocenters. The van der Waals surface area contributed by atoms with Gasteiger partial charge in [-0.3, -0.25) is 10.3 Å². The van der Waals surface area contributed by atoms with E-state index in [-0.39, 0.29) is 11.5 Å². The van der Waals surface area contributed by atoms with Gasteiger partial charge < -0.3 is 10.5 Å². The number of benzene rings is 2. The lowest BCUT2D eigenvalue weighted by atomic mass is 10.1. The van der Waals surface area contributed by atoms with E-state index in [1.165, 1.54) is 48.8 Å². The van der Waals surface area contributed by atoms with Crippen LogP contribution in [0.2, 0.25) is 0 Å². The molecule has 2 rings (SSSR count). The van der Waals surface area contributed by atoms with Crippen LogP contribution in [0.25, 0.3) is 5.57 Å². The summed E-state index contributed by atoms with van der Waals surface area (Å²) in [6.45, 7) is 5.18. The minimum Gasteiger partial charge on any atom is -0.444 e. The molecule has 0 aliphatic heterocycles. The molecule has 142 valence electrons. The monoisotopic (exact) mass is 373 g/mol. The van der Waals surface area contributed by atoms with Gasteiger partial charge in [-0.2, -0.15) is 0 Å². The standard InChI is InChI=1S/C20H21F2N3O2/c1-20(2,3)27-19(26)25-18-9-13(8-16(22)10-18)14(11-23)12-24-17-6-4-15(21)5-7-17/h4-12H,23H2,1-3H3,(H,25,26). The van der Waals surface area contributed by atoms with Crippen LogP contribution in [0, 0.1) is 11.6 Å². The molecule has 0 spiro atoms. The summed E-state index contributed by atoms with van der Waals surface area (Å²) in [5, 5.41) is 2.48. The van der Waals surface area contributed by atoms with Crippen LogP contribution in [-0.4, -0.2) is 17.9 Å². The zero-order chi connectivity index (χ0) is 20.0. The van der Waals surface area contributed by atoms with Crippen molar-refractivity contribution in [3.63, 3.8) is 0 Å². The van der Waals surface area contributed by atoms with Gasteiger partial charge in [0.1, 0.15) is 17.2 Å². The molecular formula is C20H21F2N3O2.